The zero-order valence-electron chi connectivity index (χ0n) is 10.7. The SMILES string of the molecule is CC(C)(C(=O)N1CCOC(C(N)=S)C1)S(C)(=O)=O. The normalized spacial score (nSPS) is 21.7. The van der Waals surface area contributed by atoms with Gasteiger partial charge in [0.05, 0.1) is 13.2 Å². The zero-order chi connectivity index (χ0) is 14.1. The maximum Gasteiger partial charge on any atom is 0.243 e. The third-order valence-corrected chi connectivity index (χ3v) is 5.40. The minimum Gasteiger partial charge on any atom is -0.391 e. The molecule has 0 bridgehead atoms. The monoisotopic (exact) mass is 294 g/mol. The number of hydrogen-bond donors (Lipinski definition) is 1. The largest absolute Gasteiger partial charge is 0.391 e. The molecule has 104 valence electrons. The molecule has 0 saturated carbocycles. The second-order valence-corrected chi connectivity index (χ2v) is 7.83. The van der Waals surface area contributed by atoms with Gasteiger partial charge in [0.2, 0.25) is 5.91 Å². The fraction of sp³-hybridized carbons (Fsp3) is 0.800. The second kappa shape index (κ2) is 5.10. The molecule has 1 aliphatic heterocycles. The molecule has 2 N–H and O–H groups in total. The summed E-state index contributed by atoms with van der Waals surface area (Å²) in [6, 6.07) is 0. The maximum absolute atomic E-state index is 12.2. The smallest absolute Gasteiger partial charge is 0.243 e. The van der Waals surface area contributed by atoms with Crippen LogP contribution in [0.15, 0.2) is 0 Å². The Bertz CT molecular complexity index is 458. The predicted molar refractivity (Wildman–Crippen MR) is 72.0 cm³/mol. The summed E-state index contributed by atoms with van der Waals surface area (Å²) in [4.78, 5) is 13.9. The molecule has 0 aromatic rings. The Hall–Kier alpha value is -0.730. The number of nitrogens with zero attached hydrogens (tertiary/aromatic N) is 1. The standard InChI is InChI=1S/C10H18N2O4S2/c1-10(2,18(3,14)15)9(13)12-4-5-16-7(6-12)8(11)17/h7H,4-6H2,1-3H3,(H2,11,17). The summed E-state index contributed by atoms with van der Waals surface area (Å²) in [5.74, 6) is -0.449. The Morgan fingerprint density at radius 1 is 1.50 bits per heavy atom. The second-order valence-electron chi connectivity index (χ2n) is 4.80. The Balaban J connectivity index is 2.88. The lowest BCUT2D eigenvalue weighted by atomic mass is 10.1. The van der Waals surface area contributed by atoms with Crippen molar-refractivity contribution in [3.8, 4) is 0 Å². The van der Waals surface area contributed by atoms with Gasteiger partial charge in [-0.25, -0.2) is 8.42 Å². The predicted octanol–water partition coefficient (Wildman–Crippen LogP) is -0.677. The summed E-state index contributed by atoms with van der Waals surface area (Å²) < 4.78 is 27.1. The number of ether oxygens (including phenoxy) is 1. The van der Waals surface area contributed by atoms with Gasteiger partial charge >= 0.3 is 0 Å². The summed E-state index contributed by atoms with van der Waals surface area (Å²) in [7, 11) is -3.48. The summed E-state index contributed by atoms with van der Waals surface area (Å²) in [5.41, 5.74) is 5.47. The van der Waals surface area contributed by atoms with Crippen molar-refractivity contribution in [2.45, 2.75) is 24.7 Å². The van der Waals surface area contributed by atoms with E-state index in [1.807, 2.05) is 0 Å². The first-order valence-electron chi connectivity index (χ1n) is 5.47. The van der Waals surface area contributed by atoms with Crippen molar-refractivity contribution in [2.75, 3.05) is 26.0 Å². The lowest BCUT2D eigenvalue weighted by Gasteiger charge is -2.36. The molecule has 0 aromatic heterocycles. The van der Waals surface area contributed by atoms with Crippen LogP contribution in [0.2, 0.25) is 0 Å². The number of sulfone groups is 1. The molecule has 1 aliphatic rings. The Morgan fingerprint density at radius 3 is 2.50 bits per heavy atom. The van der Waals surface area contributed by atoms with Gasteiger partial charge in [0.25, 0.3) is 0 Å². The molecule has 18 heavy (non-hydrogen) atoms. The molecular formula is C10H18N2O4S2. The Labute approximate surface area is 112 Å². The van der Waals surface area contributed by atoms with Gasteiger partial charge in [-0.1, -0.05) is 12.2 Å². The molecule has 0 aromatic carbocycles. The molecule has 0 spiro atoms. The minimum absolute atomic E-state index is 0.171. The molecule has 6 nitrogen and oxygen atoms in total. The van der Waals surface area contributed by atoms with Crippen molar-refractivity contribution in [3.05, 3.63) is 0 Å². The maximum atomic E-state index is 12.2. The van der Waals surface area contributed by atoms with Crippen LogP contribution in [0, 0.1) is 0 Å². The highest BCUT2D eigenvalue weighted by atomic mass is 32.2. The molecule has 1 saturated heterocycles. The van der Waals surface area contributed by atoms with Crippen LogP contribution in [0.5, 0.6) is 0 Å². The first-order valence-corrected chi connectivity index (χ1v) is 7.77. The highest BCUT2D eigenvalue weighted by molar-refractivity contribution is 7.92. The number of carbonyl (C=O) groups is 1. The first kappa shape index (κ1) is 15.3. The van der Waals surface area contributed by atoms with E-state index in [4.69, 9.17) is 22.7 Å². The topological polar surface area (TPSA) is 89.7 Å². The van der Waals surface area contributed by atoms with Gasteiger partial charge in [-0.15, -0.1) is 0 Å². The Kier molecular flexibility index (Phi) is 4.34. The van der Waals surface area contributed by atoms with Gasteiger partial charge < -0.3 is 15.4 Å². The van der Waals surface area contributed by atoms with E-state index in [0.29, 0.717) is 13.2 Å². The van der Waals surface area contributed by atoms with E-state index in [-0.39, 0.29) is 11.5 Å². The van der Waals surface area contributed by atoms with Crippen LogP contribution in [0.4, 0.5) is 0 Å². The number of amides is 1. The van der Waals surface area contributed by atoms with Crippen LogP contribution in [0.3, 0.4) is 0 Å². The van der Waals surface area contributed by atoms with E-state index in [1.165, 1.54) is 18.7 Å². The summed E-state index contributed by atoms with van der Waals surface area (Å²) in [5, 5.41) is 0. The molecule has 1 unspecified atom stereocenters. The molecule has 1 heterocycles. The zero-order valence-corrected chi connectivity index (χ0v) is 12.3. The van der Waals surface area contributed by atoms with Crippen molar-refractivity contribution < 1.29 is 17.9 Å². The van der Waals surface area contributed by atoms with Crippen molar-refractivity contribution >= 4 is 33.0 Å². The molecular weight excluding hydrogens is 276 g/mol. The molecule has 0 aliphatic carbocycles. The van der Waals surface area contributed by atoms with Crippen molar-refractivity contribution in [1.82, 2.24) is 4.90 Å². The number of morpholine rings is 1. The van der Waals surface area contributed by atoms with E-state index >= 15 is 0 Å². The van der Waals surface area contributed by atoms with Crippen LogP contribution in [-0.4, -0.2) is 61.0 Å². The summed E-state index contributed by atoms with van der Waals surface area (Å²) >= 11 is 4.82. The lowest BCUT2D eigenvalue weighted by molar-refractivity contribution is -0.138. The molecule has 1 rings (SSSR count). The summed E-state index contributed by atoms with van der Waals surface area (Å²) in [6.07, 6.45) is 0.546. The average molecular weight is 294 g/mol. The van der Waals surface area contributed by atoms with E-state index in [2.05, 4.69) is 0 Å². The van der Waals surface area contributed by atoms with Crippen LogP contribution >= 0.6 is 12.2 Å². The van der Waals surface area contributed by atoms with Gasteiger partial charge in [-0.2, -0.15) is 0 Å². The number of nitrogens with two attached hydrogens (primary N) is 1. The summed E-state index contributed by atoms with van der Waals surface area (Å²) in [6.45, 7) is 3.64. The van der Waals surface area contributed by atoms with Crippen LogP contribution in [0.25, 0.3) is 0 Å². The van der Waals surface area contributed by atoms with Crippen LogP contribution < -0.4 is 5.73 Å². The van der Waals surface area contributed by atoms with Crippen LogP contribution in [0.1, 0.15) is 13.8 Å². The average Bonchev–Trinajstić information content (AvgIpc) is 2.26. The molecule has 8 heteroatoms. The van der Waals surface area contributed by atoms with Gasteiger partial charge in [0.1, 0.15) is 15.8 Å². The highest BCUT2D eigenvalue weighted by Gasteiger charge is 2.42. The molecule has 0 radical (unpaired) electrons. The van der Waals surface area contributed by atoms with Gasteiger partial charge in [-0.05, 0) is 13.8 Å². The van der Waals surface area contributed by atoms with Gasteiger partial charge in [-0.3, -0.25) is 4.79 Å². The number of carbonyl (C=O) groups excluding carboxylic acids is 1. The van der Waals surface area contributed by atoms with Gasteiger partial charge in [0.15, 0.2) is 9.84 Å². The fourth-order valence-corrected chi connectivity index (χ4v) is 2.13. The molecule has 1 fully saturated rings. The van der Waals surface area contributed by atoms with Crippen LogP contribution in [-0.2, 0) is 19.4 Å². The van der Waals surface area contributed by atoms with E-state index in [0.717, 1.165) is 6.26 Å². The first-order chi connectivity index (χ1) is 8.07. The van der Waals surface area contributed by atoms with Crippen molar-refractivity contribution in [3.63, 3.8) is 0 Å². The minimum atomic E-state index is -3.48. The fourth-order valence-electron chi connectivity index (χ4n) is 1.55. The van der Waals surface area contributed by atoms with E-state index in [9.17, 15) is 13.2 Å². The highest BCUT2D eigenvalue weighted by Crippen LogP contribution is 2.20. The van der Waals surface area contributed by atoms with E-state index in [1.54, 1.807) is 0 Å². The lowest BCUT2D eigenvalue weighted by Crippen LogP contribution is -2.56. The third kappa shape index (κ3) is 2.99. The quantitative estimate of drug-likeness (QED) is 0.694. The molecule has 1 amide bonds. The van der Waals surface area contributed by atoms with Gasteiger partial charge in [0, 0.05) is 12.8 Å². The number of thiocarbonyl (C=S) groups is 1. The van der Waals surface area contributed by atoms with Crippen molar-refractivity contribution in [1.29, 1.82) is 0 Å². The molecule has 1 atom stereocenters. The van der Waals surface area contributed by atoms with Crippen molar-refractivity contribution in [2.24, 2.45) is 5.73 Å². The Morgan fingerprint density at radius 2 is 2.06 bits per heavy atom. The number of rotatable bonds is 3. The number of hydrogen-bond acceptors (Lipinski definition) is 5. The van der Waals surface area contributed by atoms with E-state index < -0.39 is 26.6 Å². The third-order valence-electron chi connectivity index (χ3n) is 3.11.